The first-order chi connectivity index (χ1) is 9.24. The highest BCUT2D eigenvalue weighted by Gasteiger charge is 2.24. The Morgan fingerprint density at radius 2 is 1.95 bits per heavy atom. The van der Waals surface area contributed by atoms with Gasteiger partial charge in [0.25, 0.3) is 0 Å². The maximum atomic E-state index is 11.6. The number of likely N-dealkylation sites (tertiary alicyclic amines) is 1. The summed E-state index contributed by atoms with van der Waals surface area (Å²) in [5.41, 5.74) is 0.293. The predicted molar refractivity (Wildman–Crippen MR) is 74.1 cm³/mol. The van der Waals surface area contributed by atoms with Crippen molar-refractivity contribution in [3.05, 3.63) is 22.7 Å². The van der Waals surface area contributed by atoms with Gasteiger partial charge in [0.1, 0.15) is 10.6 Å². The van der Waals surface area contributed by atoms with Crippen molar-refractivity contribution in [3.63, 3.8) is 0 Å². The standard InChI is InChI=1S/C13H15N3O2S/c17-9-3-4-10(18)12-11(9)15-13(19-12)14-5-8-16-6-1-2-7-16/h3-4H,1-2,5-8H2,(H,14,15). The highest BCUT2D eigenvalue weighted by atomic mass is 32.1. The fourth-order valence-corrected chi connectivity index (χ4v) is 3.28. The third kappa shape index (κ3) is 2.59. The van der Waals surface area contributed by atoms with Gasteiger partial charge in [-0.25, -0.2) is 4.98 Å². The van der Waals surface area contributed by atoms with E-state index in [1.165, 1.54) is 36.3 Å². The molecule has 1 aliphatic heterocycles. The SMILES string of the molecule is O=C1C=CC(=O)c2sc(NCCN3CCCC3)nc21. The molecule has 0 bridgehead atoms. The van der Waals surface area contributed by atoms with Crippen LogP contribution in [0, 0.1) is 0 Å². The third-order valence-corrected chi connectivity index (χ3v) is 4.40. The Morgan fingerprint density at radius 1 is 1.21 bits per heavy atom. The summed E-state index contributed by atoms with van der Waals surface area (Å²) in [5.74, 6) is -0.307. The van der Waals surface area contributed by atoms with Gasteiger partial charge in [-0.05, 0) is 38.1 Å². The van der Waals surface area contributed by atoms with Crippen molar-refractivity contribution in [3.8, 4) is 0 Å². The van der Waals surface area contributed by atoms with Crippen LogP contribution in [0.4, 0.5) is 5.13 Å². The molecular weight excluding hydrogens is 262 g/mol. The van der Waals surface area contributed by atoms with Gasteiger partial charge in [-0.15, -0.1) is 0 Å². The molecule has 0 radical (unpaired) electrons. The molecule has 0 atom stereocenters. The number of hydrogen-bond donors (Lipinski definition) is 1. The van der Waals surface area contributed by atoms with Crippen LogP contribution in [0.3, 0.4) is 0 Å². The number of ketones is 2. The Morgan fingerprint density at radius 3 is 2.68 bits per heavy atom. The van der Waals surface area contributed by atoms with Crippen molar-refractivity contribution in [2.75, 3.05) is 31.5 Å². The number of nitrogens with one attached hydrogen (secondary N) is 1. The van der Waals surface area contributed by atoms with Crippen LogP contribution >= 0.6 is 11.3 Å². The van der Waals surface area contributed by atoms with Crippen LogP contribution in [-0.4, -0.2) is 47.6 Å². The van der Waals surface area contributed by atoms with Crippen molar-refractivity contribution < 1.29 is 9.59 Å². The molecule has 0 spiro atoms. The number of allylic oxidation sites excluding steroid dienone is 2. The summed E-state index contributed by atoms with van der Waals surface area (Å²) in [6.45, 7) is 4.10. The number of aromatic nitrogens is 1. The van der Waals surface area contributed by atoms with Crippen LogP contribution in [0.2, 0.25) is 0 Å². The van der Waals surface area contributed by atoms with Crippen molar-refractivity contribution in [2.24, 2.45) is 0 Å². The van der Waals surface area contributed by atoms with E-state index in [4.69, 9.17) is 0 Å². The zero-order valence-electron chi connectivity index (χ0n) is 10.5. The fraction of sp³-hybridized carbons (Fsp3) is 0.462. The van der Waals surface area contributed by atoms with Gasteiger partial charge in [0, 0.05) is 13.1 Å². The zero-order chi connectivity index (χ0) is 13.2. The van der Waals surface area contributed by atoms with Gasteiger partial charge >= 0.3 is 0 Å². The second kappa shape index (κ2) is 5.22. The molecule has 0 unspecified atom stereocenters. The van der Waals surface area contributed by atoms with Crippen LogP contribution in [0.1, 0.15) is 33.0 Å². The third-order valence-electron chi connectivity index (χ3n) is 3.37. The molecule has 1 N–H and O–H groups in total. The number of nitrogens with zero attached hydrogens (tertiary/aromatic N) is 2. The molecule has 2 aliphatic rings. The van der Waals surface area contributed by atoms with E-state index in [2.05, 4.69) is 15.2 Å². The minimum Gasteiger partial charge on any atom is -0.360 e. The lowest BCUT2D eigenvalue weighted by atomic mass is 10.1. The molecule has 6 heteroatoms. The van der Waals surface area contributed by atoms with Crippen molar-refractivity contribution in [1.29, 1.82) is 0 Å². The van der Waals surface area contributed by atoms with Gasteiger partial charge in [0.05, 0.1) is 0 Å². The Labute approximate surface area is 115 Å². The highest BCUT2D eigenvalue weighted by molar-refractivity contribution is 7.18. The maximum absolute atomic E-state index is 11.6. The summed E-state index contributed by atoms with van der Waals surface area (Å²) >= 11 is 1.27. The van der Waals surface area contributed by atoms with E-state index in [1.807, 2.05) is 0 Å². The van der Waals surface area contributed by atoms with Crippen LogP contribution < -0.4 is 5.32 Å². The first-order valence-corrected chi connectivity index (χ1v) is 7.29. The van der Waals surface area contributed by atoms with Crippen molar-refractivity contribution in [2.45, 2.75) is 12.8 Å². The van der Waals surface area contributed by atoms with Gasteiger partial charge in [-0.1, -0.05) is 11.3 Å². The average Bonchev–Trinajstić information content (AvgIpc) is 3.03. The van der Waals surface area contributed by atoms with Crippen LogP contribution in [-0.2, 0) is 0 Å². The van der Waals surface area contributed by atoms with Gasteiger partial charge < -0.3 is 10.2 Å². The van der Waals surface area contributed by atoms with E-state index in [0.29, 0.717) is 15.7 Å². The Bertz CT molecular complexity index is 509. The second-order valence-corrected chi connectivity index (χ2v) is 5.73. The molecule has 1 aliphatic carbocycles. The molecule has 1 fully saturated rings. The topological polar surface area (TPSA) is 62.3 Å². The highest BCUT2D eigenvalue weighted by Crippen LogP contribution is 2.26. The minimum absolute atomic E-state index is 0.125. The lowest BCUT2D eigenvalue weighted by Gasteiger charge is -2.13. The smallest absolute Gasteiger partial charge is 0.206 e. The molecule has 0 amide bonds. The van der Waals surface area contributed by atoms with Gasteiger partial charge in [0.15, 0.2) is 10.9 Å². The number of rotatable bonds is 4. The number of fused-ring (bicyclic) bond motifs is 1. The van der Waals surface area contributed by atoms with Crippen LogP contribution in [0.15, 0.2) is 12.2 Å². The lowest BCUT2D eigenvalue weighted by Crippen LogP contribution is -2.25. The number of carbonyl (C=O) groups excluding carboxylic acids is 2. The molecule has 19 heavy (non-hydrogen) atoms. The first-order valence-electron chi connectivity index (χ1n) is 6.48. The predicted octanol–water partition coefficient (Wildman–Crippen LogP) is 1.59. The van der Waals surface area contributed by atoms with Crippen molar-refractivity contribution in [1.82, 2.24) is 9.88 Å². The average molecular weight is 277 g/mol. The number of anilines is 1. The molecule has 100 valence electrons. The van der Waals surface area contributed by atoms with E-state index < -0.39 is 0 Å². The van der Waals surface area contributed by atoms with Gasteiger partial charge in [0.2, 0.25) is 5.78 Å². The maximum Gasteiger partial charge on any atom is 0.206 e. The summed E-state index contributed by atoms with van der Waals surface area (Å²) in [7, 11) is 0. The normalized spacial score (nSPS) is 18.9. The molecule has 1 aromatic rings. The van der Waals surface area contributed by atoms with E-state index in [-0.39, 0.29) is 11.6 Å². The van der Waals surface area contributed by atoms with Gasteiger partial charge in [-0.3, -0.25) is 9.59 Å². The van der Waals surface area contributed by atoms with Gasteiger partial charge in [-0.2, -0.15) is 0 Å². The molecular formula is C13H15N3O2S. The molecule has 3 rings (SSSR count). The second-order valence-electron chi connectivity index (χ2n) is 4.73. The molecule has 2 heterocycles. The largest absolute Gasteiger partial charge is 0.360 e. The minimum atomic E-state index is -0.182. The zero-order valence-corrected chi connectivity index (χ0v) is 11.3. The monoisotopic (exact) mass is 277 g/mol. The summed E-state index contributed by atoms with van der Waals surface area (Å²) in [5, 5.41) is 3.87. The van der Waals surface area contributed by atoms with E-state index in [1.54, 1.807) is 0 Å². The number of carbonyl (C=O) groups is 2. The molecule has 5 nitrogen and oxygen atoms in total. The summed E-state index contributed by atoms with van der Waals surface area (Å²) in [6, 6.07) is 0. The quantitative estimate of drug-likeness (QED) is 0.905. The number of hydrogen-bond acceptors (Lipinski definition) is 6. The van der Waals surface area contributed by atoms with E-state index in [9.17, 15) is 9.59 Å². The fourth-order valence-electron chi connectivity index (χ4n) is 2.36. The molecule has 1 saturated heterocycles. The summed E-state index contributed by atoms with van der Waals surface area (Å²) in [6.07, 6.45) is 5.16. The molecule has 0 saturated carbocycles. The Kier molecular flexibility index (Phi) is 3.44. The summed E-state index contributed by atoms with van der Waals surface area (Å²) in [4.78, 5) is 30.3. The van der Waals surface area contributed by atoms with Crippen LogP contribution in [0.5, 0.6) is 0 Å². The molecule has 1 aromatic heterocycles. The van der Waals surface area contributed by atoms with Crippen LogP contribution in [0.25, 0.3) is 0 Å². The first kappa shape index (κ1) is 12.5. The Balaban J connectivity index is 1.61. The van der Waals surface area contributed by atoms with E-state index >= 15 is 0 Å². The summed E-state index contributed by atoms with van der Waals surface area (Å²) < 4.78 is 0. The Hall–Kier alpha value is -1.53. The van der Waals surface area contributed by atoms with Crippen molar-refractivity contribution >= 4 is 28.0 Å². The molecule has 0 aromatic carbocycles. The number of thiazole rings is 1. The van der Waals surface area contributed by atoms with E-state index in [0.717, 1.165) is 26.2 Å². The lowest BCUT2D eigenvalue weighted by molar-refractivity contribution is 0.0994.